The van der Waals surface area contributed by atoms with Gasteiger partial charge in [0.05, 0.1) is 6.07 Å². The van der Waals surface area contributed by atoms with Crippen LogP contribution in [0.15, 0.2) is 30.3 Å². The summed E-state index contributed by atoms with van der Waals surface area (Å²) in [5.74, 6) is -2.31. The molecule has 0 aliphatic heterocycles. The normalized spacial score (nSPS) is 13.7. The number of carboxylic acids is 1. The number of nitrogens with zero attached hydrogens (tertiary/aromatic N) is 1. The van der Waals surface area contributed by atoms with E-state index in [2.05, 4.69) is 10.6 Å². The maximum absolute atomic E-state index is 12.5. The van der Waals surface area contributed by atoms with E-state index < -0.39 is 36.0 Å². The van der Waals surface area contributed by atoms with Crippen LogP contribution in [-0.2, 0) is 20.9 Å². The highest BCUT2D eigenvalue weighted by atomic mass is 16.5. The lowest BCUT2D eigenvalue weighted by molar-refractivity contribution is -0.142. The third-order valence-electron chi connectivity index (χ3n) is 3.95. The SMILES string of the molecule is CC(C)C[C@H](NC(=O)OCc1ccccc1)C(=O)N[C@@H](C[C@@H](C)C#N)C(=O)O. The van der Waals surface area contributed by atoms with Gasteiger partial charge in [-0.05, 0) is 31.2 Å². The summed E-state index contributed by atoms with van der Waals surface area (Å²) in [5.41, 5.74) is 0.805. The van der Waals surface area contributed by atoms with Crippen molar-refractivity contribution in [3.05, 3.63) is 35.9 Å². The van der Waals surface area contributed by atoms with Gasteiger partial charge in [0.1, 0.15) is 18.7 Å². The highest BCUT2D eigenvalue weighted by molar-refractivity contribution is 5.89. The summed E-state index contributed by atoms with van der Waals surface area (Å²) < 4.78 is 5.14. The number of ether oxygens (including phenoxy) is 1. The van der Waals surface area contributed by atoms with E-state index in [0.29, 0.717) is 6.42 Å². The molecule has 1 aromatic rings. The number of carbonyl (C=O) groups excluding carboxylic acids is 2. The predicted molar refractivity (Wildman–Crippen MR) is 102 cm³/mol. The van der Waals surface area contributed by atoms with Gasteiger partial charge in [0.2, 0.25) is 5.91 Å². The Balaban J connectivity index is 2.71. The van der Waals surface area contributed by atoms with Gasteiger partial charge in [-0.2, -0.15) is 5.26 Å². The zero-order chi connectivity index (χ0) is 21.1. The van der Waals surface area contributed by atoms with Crippen LogP contribution in [0.3, 0.4) is 0 Å². The van der Waals surface area contributed by atoms with Gasteiger partial charge in [-0.3, -0.25) is 4.79 Å². The van der Waals surface area contributed by atoms with Gasteiger partial charge in [-0.15, -0.1) is 0 Å². The van der Waals surface area contributed by atoms with E-state index >= 15 is 0 Å². The lowest BCUT2D eigenvalue weighted by atomic mass is 10.0. The molecule has 0 radical (unpaired) electrons. The zero-order valence-electron chi connectivity index (χ0n) is 16.3. The van der Waals surface area contributed by atoms with Gasteiger partial charge in [-0.1, -0.05) is 44.2 Å². The molecule has 3 atom stereocenters. The van der Waals surface area contributed by atoms with Crippen molar-refractivity contribution in [1.29, 1.82) is 5.26 Å². The Morgan fingerprint density at radius 3 is 2.25 bits per heavy atom. The molecule has 0 aliphatic rings. The number of rotatable bonds is 10. The molecule has 0 aliphatic carbocycles. The largest absolute Gasteiger partial charge is 0.480 e. The van der Waals surface area contributed by atoms with Crippen molar-refractivity contribution in [2.75, 3.05) is 0 Å². The first-order chi connectivity index (χ1) is 13.2. The number of alkyl carbamates (subject to hydrolysis) is 1. The second-order valence-electron chi connectivity index (χ2n) is 7.05. The van der Waals surface area contributed by atoms with Gasteiger partial charge in [0.25, 0.3) is 0 Å². The highest BCUT2D eigenvalue weighted by Gasteiger charge is 2.28. The van der Waals surface area contributed by atoms with Crippen LogP contribution in [0.4, 0.5) is 4.79 Å². The number of nitriles is 1. The smallest absolute Gasteiger partial charge is 0.408 e. The number of hydrogen-bond donors (Lipinski definition) is 3. The van der Waals surface area contributed by atoms with Gasteiger partial charge >= 0.3 is 12.1 Å². The fourth-order valence-electron chi connectivity index (χ4n) is 2.51. The van der Waals surface area contributed by atoms with E-state index in [-0.39, 0.29) is 18.9 Å². The Kier molecular flexibility index (Phi) is 9.51. The molecule has 0 bridgehead atoms. The Labute approximate surface area is 164 Å². The van der Waals surface area contributed by atoms with Gasteiger partial charge in [-0.25, -0.2) is 9.59 Å². The molecule has 0 saturated heterocycles. The molecule has 0 fully saturated rings. The van der Waals surface area contributed by atoms with Crippen molar-refractivity contribution in [2.45, 2.75) is 52.3 Å². The third-order valence-corrected chi connectivity index (χ3v) is 3.95. The van der Waals surface area contributed by atoms with Crippen LogP contribution < -0.4 is 10.6 Å². The minimum Gasteiger partial charge on any atom is -0.480 e. The summed E-state index contributed by atoms with van der Waals surface area (Å²) in [6.07, 6.45) is -0.474. The first kappa shape index (κ1) is 23.0. The fourth-order valence-corrected chi connectivity index (χ4v) is 2.51. The molecule has 8 heteroatoms. The zero-order valence-corrected chi connectivity index (χ0v) is 16.3. The van der Waals surface area contributed by atoms with Gasteiger partial charge < -0.3 is 20.5 Å². The maximum Gasteiger partial charge on any atom is 0.408 e. The molecule has 1 rings (SSSR count). The number of nitrogens with one attached hydrogen (secondary N) is 2. The monoisotopic (exact) mass is 389 g/mol. The van der Waals surface area contributed by atoms with Crippen molar-refractivity contribution < 1.29 is 24.2 Å². The number of aliphatic carboxylic acids is 1. The average molecular weight is 389 g/mol. The molecule has 8 nitrogen and oxygen atoms in total. The van der Waals surface area contributed by atoms with Crippen LogP contribution in [0.5, 0.6) is 0 Å². The van der Waals surface area contributed by atoms with E-state index in [1.165, 1.54) is 0 Å². The standard InChI is InChI=1S/C20H27N3O5/c1-13(2)9-16(18(24)22-17(19(25)26)10-14(3)11-21)23-20(27)28-12-15-7-5-4-6-8-15/h4-8,13-14,16-17H,9-10,12H2,1-3H3,(H,22,24)(H,23,27)(H,25,26)/t14-,16+,17+/m1/s1. The first-order valence-electron chi connectivity index (χ1n) is 9.13. The van der Waals surface area contributed by atoms with Gasteiger partial charge in [0.15, 0.2) is 0 Å². The lowest BCUT2D eigenvalue weighted by Crippen LogP contribution is -2.52. The van der Waals surface area contributed by atoms with Crippen molar-refractivity contribution in [3.63, 3.8) is 0 Å². The summed E-state index contributed by atoms with van der Waals surface area (Å²) in [6, 6.07) is 8.89. The molecule has 0 saturated carbocycles. The summed E-state index contributed by atoms with van der Waals surface area (Å²) >= 11 is 0. The molecule has 0 aromatic heterocycles. The van der Waals surface area contributed by atoms with E-state index in [0.717, 1.165) is 5.56 Å². The number of amides is 2. The Morgan fingerprint density at radius 1 is 1.07 bits per heavy atom. The summed E-state index contributed by atoms with van der Waals surface area (Å²) in [7, 11) is 0. The maximum atomic E-state index is 12.5. The lowest BCUT2D eigenvalue weighted by Gasteiger charge is -2.23. The van der Waals surface area contributed by atoms with Crippen LogP contribution in [-0.4, -0.2) is 35.2 Å². The van der Waals surface area contributed by atoms with Crippen LogP contribution in [0, 0.1) is 23.2 Å². The minimum atomic E-state index is -1.23. The van der Waals surface area contributed by atoms with E-state index in [4.69, 9.17) is 10.00 Å². The molecule has 0 spiro atoms. The molecule has 152 valence electrons. The molecular weight excluding hydrogens is 362 g/mol. The Bertz CT molecular complexity index is 700. The van der Waals surface area contributed by atoms with Crippen molar-refractivity contribution in [3.8, 4) is 6.07 Å². The summed E-state index contributed by atoms with van der Waals surface area (Å²) in [6.45, 7) is 5.39. The molecule has 2 amide bonds. The molecule has 0 unspecified atom stereocenters. The Morgan fingerprint density at radius 2 is 1.71 bits per heavy atom. The Hall–Kier alpha value is -3.08. The molecular formula is C20H27N3O5. The molecule has 0 heterocycles. The topological polar surface area (TPSA) is 129 Å². The van der Waals surface area contributed by atoms with Crippen molar-refractivity contribution in [1.82, 2.24) is 10.6 Å². The summed E-state index contributed by atoms with van der Waals surface area (Å²) in [4.78, 5) is 36.0. The minimum absolute atomic E-state index is 0.0234. The van der Waals surface area contributed by atoms with Crippen LogP contribution in [0.2, 0.25) is 0 Å². The van der Waals surface area contributed by atoms with Crippen molar-refractivity contribution >= 4 is 18.0 Å². The van der Waals surface area contributed by atoms with Crippen LogP contribution in [0.25, 0.3) is 0 Å². The number of benzene rings is 1. The number of carboxylic acid groups (broad SMARTS) is 1. The van der Waals surface area contributed by atoms with Crippen molar-refractivity contribution in [2.24, 2.45) is 11.8 Å². The molecule has 28 heavy (non-hydrogen) atoms. The van der Waals surface area contributed by atoms with E-state index in [1.54, 1.807) is 19.1 Å². The fraction of sp³-hybridized carbons (Fsp3) is 0.500. The average Bonchev–Trinajstić information content (AvgIpc) is 2.65. The number of hydrogen-bond acceptors (Lipinski definition) is 5. The molecule has 3 N–H and O–H groups in total. The molecule has 1 aromatic carbocycles. The summed E-state index contributed by atoms with van der Waals surface area (Å²) in [5, 5.41) is 23.1. The van der Waals surface area contributed by atoms with E-state index in [9.17, 15) is 19.5 Å². The number of carbonyl (C=O) groups is 3. The second kappa shape index (κ2) is 11.6. The first-order valence-corrected chi connectivity index (χ1v) is 9.13. The predicted octanol–water partition coefficient (Wildman–Crippen LogP) is 2.45. The second-order valence-corrected chi connectivity index (χ2v) is 7.05. The van der Waals surface area contributed by atoms with E-state index in [1.807, 2.05) is 38.1 Å². The van der Waals surface area contributed by atoms with Crippen LogP contribution in [0.1, 0.15) is 39.2 Å². The van der Waals surface area contributed by atoms with Crippen LogP contribution >= 0.6 is 0 Å². The third kappa shape index (κ3) is 8.54. The van der Waals surface area contributed by atoms with Gasteiger partial charge in [0, 0.05) is 5.92 Å². The quantitative estimate of drug-likeness (QED) is 0.564. The highest BCUT2D eigenvalue weighted by Crippen LogP contribution is 2.09.